The molecular formula is C15H16N4OS. The van der Waals surface area contributed by atoms with Crippen molar-refractivity contribution in [3.05, 3.63) is 40.8 Å². The van der Waals surface area contributed by atoms with Gasteiger partial charge in [0.15, 0.2) is 0 Å². The molecule has 0 saturated heterocycles. The molecular weight excluding hydrogens is 284 g/mol. The monoisotopic (exact) mass is 300 g/mol. The van der Waals surface area contributed by atoms with E-state index in [1.165, 1.54) is 11.3 Å². The van der Waals surface area contributed by atoms with Crippen LogP contribution in [0.3, 0.4) is 0 Å². The summed E-state index contributed by atoms with van der Waals surface area (Å²) in [5, 5.41) is 16.0. The maximum Gasteiger partial charge on any atom is 0.205 e. The third-order valence-corrected chi connectivity index (χ3v) is 3.08. The number of benzene rings is 1. The fourth-order valence-electron chi connectivity index (χ4n) is 1.38. The molecule has 0 fully saturated rings. The fraction of sp³-hybridized carbons (Fsp3) is 0.200. The van der Waals surface area contributed by atoms with E-state index in [1.807, 2.05) is 24.3 Å². The second kappa shape index (κ2) is 6.39. The van der Waals surface area contributed by atoms with Gasteiger partial charge in [-0.1, -0.05) is 24.0 Å². The van der Waals surface area contributed by atoms with Crippen LogP contribution in [0.5, 0.6) is 0 Å². The molecule has 108 valence electrons. The standard InChI is InChI=1S/C15H16N4OS/c1-15(2,20)8-7-11-3-5-12(6-4-11)9-17-19-14-18-13(16)10-21-14/h3-6,9-10,20H,16H2,1-2H3,(H,18,19). The van der Waals surface area contributed by atoms with Crippen LogP contribution in [-0.2, 0) is 0 Å². The van der Waals surface area contributed by atoms with Gasteiger partial charge in [0.2, 0.25) is 5.13 Å². The van der Waals surface area contributed by atoms with Crippen molar-refractivity contribution in [3.63, 3.8) is 0 Å². The van der Waals surface area contributed by atoms with Crippen molar-refractivity contribution >= 4 is 28.5 Å². The van der Waals surface area contributed by atoms with Gasteiger partial charge in [-0.2, -0.15) is 5.10 Å². The zero-order valence-corrected chi connectivity index (χ0v) is 12.6. The summed E-state index contributed by atoms with van der Waals surface area (Å²) in [5.74, 6) is 6.16. The first-order valence-electron chi connectivity index (χ1n) is 6.28. The number of aliphatic hydroxyl groups is 1. The molecule has 0 atom stereocenters. The first kappa shape index (κ1) is 15.0. The van der Waals surface area contributed by atoms with Crippen LogP contribution in [0.1, 0.15) is 25.0 Å². The lowest BCUT2D eigenvalue weighted by atomic mass is 10.1. The van der Waals surface area contributed by atoms with E-state index in [0.29, 0.717) is 10.9 Å². The molecule has 4 N–H and O–H groups in total. The van der Waals surface area contributed by atoms with E-state index in [0.717, 1.165) is 11.1 Å². The molecule has 6 heteroatoms. The molecule has 0 aliphatic rings. The predicted octanol–water partition coefficient (Wildman–Crippen LogP) is 2.29. The van der Waals surface area contributed by atoms with Gasteiger partial charge in [-0.3, -0.25) is 5.43 Å². The minimum Gasteiger partial charge on any atom is -0.383 e. The molecule has 5 nitrogen and oxygen atoms in total. The van der Waals surface area contributed by atoms with Crippen LogP contribution < -0.4 is 11.2 Å². The van der Waals surface area contributed by atoms with Crippen molar-refractivity contribution in [3.8, 4) is 11.8 Å². The summed E-state index contributed by atoms with van der Waals surface area (Å²) in [4.78, 5) is 4.03. The lowest BCUT2D eigenvalue weighted by molar-refractivity contribution is 0.143. The molecule has 2 aromatic rings. The topological polar surface area (TPSA) is 83.5 Å². The highest BCUT2D eigenvalue weighted by Gasteiger charge is 2.05. The van der Waals surface area contributed by atoms with Gasteiger partial charge in [0.25, 0.3) is 0 Å². The van der Waals surface area contributed by atoms with Crippen molar-refractivity contribution in [2.24, 2.45) is 5.10 Å². The minimum atomic E-state index is -0.987. The Morgan fingerprint density at radius 3 is 2.67 bits per heavy atom. The Balaban J connectivity index is 1.97. The zero-order valence-electron chi connectivity index (χ0n) is 11.8. The quantitative estimate of drug-likeness (QED) is 0.461. The van der Waals surface area contributed by atoms with Gasteiger partial charge in [-0.25, -0.2) is 4.98 Å². The molecule has 0 spiro atoms. The number of nitrogens with one attached hydrogen (secondary N) is 1. The van der Waals surface area contributed by atoms with E-state index in [-0.39, 0.29) is 0 Å². The molecule has 21 heavy (non-hydrogen) atoms. The summed E-state index contributed by atoms with van der Waals surface area (Å²) < 4.78 is 0. The number of nitrogens with zero attached hydrogens (tertiary/aromatic N) is 2. The van der Waals surface area contributed by atoms with Gasteiger partial charge >= 0.3 is 0 Å². The van der Waals surface area contributed by atoms with Gasteiger partial charge in [0.1, 0.15) is 11.4 Å². The highest BCUT2D eigenvalue weighted by molar-refractivity contribution is 7.14. The zero-order chi connectivity index (χ0) is 15.3. The summed E-state index contributed by atoms with van der Waals surface area (Å²) in [5.41, 5.74) is 9.11. The number of hydrazone groups is 1. The van der Waals surface area contributed by atoms with E-state index in [1.54, 1.807) is 25.4 Å². The molecule has 1 heterocycles. The second-order valence-electron chi connectivity index (χ2n) is 4.88. The Kier molecular flexibility index (Phi) is 4.58. The normalized spacial score (nSPS) is 11.2. The molecule has 1 aromatic heterocycles. The van der Waals surface area contributed by atoms with Gasteiger partial charge < -0.3 is 10.8 Å². The Bertz CT molecular complexity index is 687. The summed E-state index contributed by atoms with van der Waals surface area (Å²) in [7, 11) is 0. The number of aromatic nitrogens is 1. The summed E-state index contributed by atoms with van der Waals surface area (Å²) >= 11 is 1.39. The summed E-state index contributed by atoms with van der Waals surface area (Å²) in [6.07, 6.45) is 1.69. The third-order valence-electron chi connectivity index (χ3n) is 2.32. The van der Waals surface area contributed by atoms with Crippen LogP contribution in [-0.4, -0.2) is 21.9 Å². The number of hydrogen-bond donors (Lipinski definition) is 3. The number of hydrogen-bond acceptors (Lipinski definition) is 6. The second-order valence-corrected chi connectivity index (χ2v) is 5.74. The van der Waals surface area contributed by atoms with Crippen LogP contribution in [0.2, 0.25) is 0 Å². The Morgan fingerprint density at radius 2 is 2.10 bits per heavy atom. The van der Waals surface area contributed by atoms with Gasteiger partial charge in [-0.05, 0) is 31.5 Å². The van der Waals surface area contributed by atoms with Crippen molar-refractivity contribution in [1.29, 1.82) is 0 Å². The van der Waals surface area contributed by atoms with Crippen LogP contribution in [0.15, 0.2) is 34.7 Å². The first-order valence-corrected chi connectivity index (χ1v) is 7.16. The molecule has 1 aromatic carbocycles. The largest absolute Gasteiger partial charge is 0.383 e. The molecule has 0 aliphatic carbocycles. The molecule has 0 bridgehead atoms. The number of rotatable bonds is 3. The Labute approximate surface area is 127 Å². The molecule has 0 radical (unpaired) electrons. The van der Waals surface area contributed by atoms with Gasteiger partial charge in [0, 0.05) is 10.9 Å². The average molecular weight is 300 g/mol. The smallest absolute Gasteiger partial charge is 0.205 e. The van der Waals surface area contributed by atoms with Crippen LogP contribution in [0.25, 0.3) is 0 Å². The summed E-state index contributed by atoms with van der Waals surface area (Å²) in [6.45, 7) is 3.30. The van der Waals surface area contributed by atoms with Crippen molar-refractivity contribution < 1.29 is 5.11 Å². The van der Waals surface area contributed by atoms with E-state index in [2.05, 4.69) is 27.4 Å². The number of nitrogen functional groups attached to an aromatic ring is 1. The highest BCUT2D eigenvalue weighted by Crippen LogP contribution is 2.16. The SMILES string of the molecule is CC(C)(O)C#Cc1ccc(C=NNc2nc(N)cs2)cc1. The lowest BCUT2D eigenvalue weighted by Crippen LogP contribution is -2.14. The molecule has 0 aliphatic heterocycles. The van der Waals surface area contributed by atoms with Crippen LogP contribution in [0, 0.1) is 11.8 Å². The predicted molar refractivity (Wildman–Crippen MR) is 87.4 cm³/mol. The lowest BCUT2D eigenvalue weighted by Gasteiger charge is -2.05. The Hall–Kier alpha value is -2.36. The van der Waals surface area contributed by atoms with E-state index >= 15 is 0 Å². The first-order chi connectivity index (χ1) is 9.92. The Morgan fingerprint density at radius 1 is 1.38 bits per heavy atom. The molecule has 0 unspecified atom stereocenters. The minimum absolute atomic E-state index is 0.479. The van der Waals surface area contributed by atoms with Crippen LogP contribution in [0.4, 0.5) is 10.9 Å². The van der Waals surface area contributed by atoms with Gasteiger partial charge in [-0.15, -0.1) is 11.3 Å². The van der Waals surface area contributed by atoms with Crippen LogP contribution >= 0.6 is 11.3 Å². The maximum atomic E-state index is 9.54. The molecule has 0 saturated carbocycles. The number of nitrogens with two attached hydrogens (primary N) is 1. The van der Waals surface area contributed by atoms with E-state index in [9.17, 15) is 5.11 Å². The fourth-order valence-corrected chi connectivity index (χ4v) is 1.93. The molecule has 2 rings (SSSR count). The average Bonchev–Trinajstić information content (AvgIpc) is 2.83. The van der Waals surface area contributed by atoms with Crippen molar-refractivity contribution in [2.75, 3.05) is 11.2 Å². The van der Waals surface area contributed by atoms with Crippen molar-refractivity contribution in [1.82, 2.24) is 4.98 Å². The van der Waals surface area contributed by atoms with Gasteiger partial charge in [0.05, 0.1) is 6.21 Å². The van der Waals surface area contributed by atoms with E-state index < -0.39 is 5.60 Å². The highest BCUT2D eigenvalue weighted by atomic mass is 32.1. The van der Waals surface area contributed by atoms with Crippen molar-refractivity contribution in [2.45, 2.75) is 19.4 Å². The number of thiazole rings is 1. The maximum absolute atomic E-state index is 9.54. The third kappa shape index (κ3) is 5.26. The van der Waals surface area contributed by atoms with E-state index in [4.69, 9.17) is 5.73 Å². The molecule has 0 amide bonds. The number of anilines is 2. The summed E-state index contributed by atoms with van der Waals surface area (Å²) in [6, 6.07) is 7.55.